The van der Waals surface area contributed by atoms with Crippen LogP contribution >= 0.6 is 11.6 Å². The fourth-order valence-electron chi connectivity index (χ4n) is 2.91. The van der Waals surface area contributed by atoms with E-state index < -0.39 is 5.97 Å². The van der Waals surface area contributed by atoms with Crippen molar-refractivity contribution in [3.8, 4) is 5.75 Å². The first-order chi connectivity index (χ1) is 11.0. The highest BCUT2D eigenvalue weighted by molar-refractivity contribution is 6.32. The van der Waals surface area contributed by atoms with E-state index in [2.05, 4.69) is 0 Å². The normalized spacial score (nSPS) is 15.5. The average Bonchev–Trinajstić information content (AvgIpc) is 2.51. The maximum atomic E-state index is 12.5. The molecule has 1 fully saturated rings. The summed E-state index contributed by atoms with van der Waals surface area (Å²) in [6.07, 6.45) is 1.92. The van der Waals surface area contributed by atoms with Crippen LogP contribution in [0.25, 0.3) is 0 Å². The first-order valence-electron chi connectivity index (χ1n) is 7.91. The van der Waals surface area contributed by atoms with Crippen LogP contribution in [0, 0.1) is 5.92 Å². The molecule has 1 saturated heterocycles. The van der Waals surface area contributed by atoms with Crippen LogP contribution in [0.3, 0.4) is 0 Å². The summed E-state index contributed by atoms with van der Waals surface area (Å²) >= 11 is 6.14. The zero-order valence-corrected chi connectivity index (χ0v) is 14.0. The molecule has 6 heteroatoms. The number of para-hydroxylation sites is 1. The summed E-state index contributed by atoms with van der Waals surface area (Å²) < 4.78 is 5.55. The van der Waals surface area contributed by atoms with Gasteiger partial charge in [-0.1, -0.05) is 23.7 Å². The molecule has 0 bridgehead atoms. The second-order valence-electron chi connectivity index (χ2n) is 5.76. The molecule has 1 aliphatic heterocycles. The third kappa shape index (κ3) is 4.86. The Balaban J connectivity index is 1.96. The molecule has 126 valence electrons. The molecule has 1 amide bonds. The monoisotopic (exact) mass is 339 g/mol. The lowest BCUT2D eigenvalue weighted by Crippen LogP contribution is -2.39. The second kappa shape index (κ2) is 8.20. The van der Waals surface area contributed by atoms with Gasteiger partial charge in [0.2, 0.25) is 5.91 Å². The molecule has 0 spiro atoms. The molecular formula is C17H22ClNO4. The van der Waals surface area contributed by atoms with Gasteiger partial charge in [-0.2, -0.15) is 0 Å². The molecule has 0 saturated carbocycles. The molecule has 1 N–H and O–H groups in total. The minimum atomic E-state index is -0.768. The van der Waals surface area contributed by atoms with Crippen molar-refractivity contribution in [3.05, 3.63) is 28.8 Å². The van der Waals surface area contributed by atoms with E-state index in [-0.39, 0.29) is 24.7 Å². The van der Waals surface area contributed by atoms with E-state index in [0.29, 0.717) is 30.5 Å². The van der Waals surface area contributed by atoms with Crippen LogP contribution in [0.5, 0.6) is 5.75 Å². The maximum Gasteiger partial charge on any atom is 0.303 e. The topological polar surface area (TPSA) is 66.8 Å². The summed E-state index contributed by atoms with van der Waals surface area (Å²) in [4.78, 5) is 25.0. The lowest BCUT2D eigenvalue weighted by atomic mass is 9.93. The van der Waals surface area contributed by atoms with Crippen LogP contribution in [0.2, 0.25) is 5.02 Å². The summed E-state index contributed by atoms with van der Waals surface area (Å²) in [5.74, 6) is 0.00420. The van der Waals surface area contributed by atoms with Gasteiger partial charge in [-0.05, 0) is 31.7 Å². The molecule has 1 aromatic rings. The number of hydrogen-bond acceptors (Lipinski definition) is 3. The van der Waals surface area contributed by atoms with Crippen molar-refractivity contribution in [2.75, 3.05) is 19.7 Å². The molecule has 0 radical (unpaired) electrons. The number of carbonyl (C=O) groups is 2. The molecule has 23 heavy (non-hydrogen) atoms. The lowest BCUT2D eigenvalue weighted by Gasteiger charge is -2.31. The average molecular weight is 340 g/mol. The van der Waals surface area contributed by atoms with Crippen molar-refractivity contribution in [2.24, 2.45) is 5.92 Å². The highest BCUT2D eigenvalue weighted by Gasteiger charge is 2.25. The van der Waals surface area contributed by atoms with Crippen molar-refractivity contribution in [1.29, 1.82) is 0 Å². The second-order valence-corrected chi connectivity index (χ2v) is 6.17. The van der Waals surface area contributed by atoms with Gasteiger partial charge >= 0.3 is 5.97 Å². The molecular weight excluding hydrogens is 318 g/mol. The Morgan fingerprint density at radius 1 is 1.35 bits per heavy atom. The van der Waals surface area contributed by atoms with E-state index in [0.717, 1.165) is 18.4 Å². The zero-order valence-electron chi connectivity index (χ0n) is 13.3. The molecule has 5 nitrogen and oxygen atoms in total. The Bertz CT molecular complexity index is 568. The van der Waals surface area contributed by atoms with E-state index >= 15 is 0 Å². The first-order valence-corrected chi connectivity index (χ1v) is 8.28. The summed E-state index contributed by atoms with van der Waals surface area (Å²) in [5.41, 5.74) is 0.789. The maximum absolute atomic E-state index is 12.5. The van der Waals surface area contributed by atoms with Gasteiger partial charge in [0.25, 0.3) is 0 Å². The molecule has 0 atom stereocenters. The Morgan fingerprint density at radius 2 is 2.04 bits per heavy atom. The fraction of sp³-hybridized carbons (Fsp3) is 0.529. The van der Waals surface area contributed by atoms with Gasteiger partial charge in [-0.25, -0.2) is 0 Å². The quantitative estimate of drug-likeness (QED) is 0.865. The Labute approximate surface area is 141 Å². The fourth-order valence-corrected chi connectivity index (χ4v) is 3.16. The highest BCUT2D eigenvalue weighted by atomic mass is 35.5. The van der Waals surface area contributed by atoms with Crippen molar-refractivity contribution < 1.29 is 19.4 Å². The SMILES string of the molecule is CCOc1c(Cl)cccc1CC(=O)N1CCC(CC(=O)O)CC1. The van der Waals surface area contributed by atoms with Crippen LogP contribution < -0.4 is 4.74 Å². The minimum Gasteiger partial charge on any atom is -0.492 e. The van der Waals surface area contributed by atoms with Gasteiger partial charge in [-0.3, -0.25) is 9.59 Å². The number of carboxylic acid groups (broad SMARTS) is 1. The van der Waals surface area contributed by atoms with Crippen LogP contribution in [-0.2, 0) is 16.0 Å². The summed E-state index contributed by atoms with van der Waals surface area (Å²) in [7, 11) is 0. The van der Waals surface area contributed by atoms with Gasteiger partial charge < -0.3 is 14.7 Å². The smallest absolute Gasteiger partial charge is 0.303 e. The molecule has 0 aromatic heterocycles. The number of aliphatic carboxylic acids is 1. The number of rotatable bonds is 6. The lowest BCUT2D eigenvalue weighted by molar-refractivity contribution is -0.138. The van der Waals surface area contributed by atoms with Crippen molar-refractivity contribution >= 4 is 23.5 Å². The van der Waals surface area contributed by atoms with Gasteiger partial charge in [0.1, 0.15) is 5.75 Å². The number of ether oxygens (including phenoxy) is 1. The van der Waals surface area contributed by atoms with Gasteiger partial charge in [-0.15, -0.1) is 0 Å². The number of amides is 1. The largest absolute Gasteiger partial charge is 0.492 e. The molecule has 0 unspecified atom stereocenters. The Kier molecular flexibility index (Phi) is 6.28. The number of hydrogen-bond donors (Lipinski definition) is 1. The predicted molar refractivity (Wildman–Crippen MR) is 87.9 cm³/mol. The third-order valence-corrected chi connectivity index (χ3v) is 4.41. The van der Waals surface area contributed by atoms with Crippen molar-refractivity contribution in [1.82, 2.24) is 4.90 Å². The van der Waals surface area contributed by atoms with Crippen molar-refractivity contribution in [3.63, 3.8) is 0 Å². The molecule has 1 heterocycles. The van der Waals surface area contributed by atoms with Crippen LogP contribution in [0.15, 0.2) is 18.2 Å². The number of piperidine rings is 1. The summed E-state index contributed by atoms with van der Waals surface area (Å²) in [6.45, 7) is 3.59. The number of nitrogens with zero attached hydrogens (tertiary/aromatic N) is 1. The minimum absolute atomic E-state index is 0.0296. The number of carboxylic acids is 1. The highest BCUT2D eigenvalue weighted by Crippen LogP contribution is 2.30. The first kappa shape index (κ1) is 17.6. The third-order valence-electron chi connectivity index (χ3n) is 4.11. The number of likely N-dealkylation sites (tertiary alicyclic amines) is 1. The summed E-state index contributed by atoms with van der Waals surface area (Å²) in [6, 6.07) is 5.41. The number of carbonyl (C=O) groups excluding carboxylic acids is 1. The summed E-state index contributed by atoms with van der Waals surface area (Å²) in [5, 5.41) is 9.35. The Morgan fingerprint density at radius 3 is 2.65 bits per heavy atom. The van der Waals surface area contributed by atoms with E-state index in [9.17, 15) is 9.59 Å². The standard InChI is InChI=1S/C17H22ClNO4/c1-2-23-17-13(4-3-5-14(17)18)11-15(20)19-8-6-12(7-9-19)10-16(21)22/h3-5,12H,2,6-11H2,1H3,(H,21,22). The number of benzene rings is 1. The van der Waals surface area contributed by atoms with E-state index in [1.165, 1.54) is 0 Å². The van der Waals surface area contributed by atoms with E-state index in [4.69, 9.17) is 21.4 Å². The zero-order chi connectivity index (χ0) is 16.8. The number of halogens is 1. The van der Waals surface area contributed by atoms with Gasteiger partial charge in [0.15, 0.2) is 0 Å². The molecule has 0 aliphatic carbocycles. The van der Waals surface area contributed by atoms with Gasteiger partial charge in [0.05, 0.1) is 18.1 Å². The predicted octanol–water partition coefficient (Wildman–Crippen LogP) is 2.99. The van der Waals surface area contributed by atoms with Crippen molar-refractivity contribution in [2.45, 2.75) is 32.6 Å². The Hall–Kier alpha value is -1.75. The van der Waals surface area contributed by atoms with Crippen LogP contribution in [-0.4, -0.2) is 41.6 Å². The molecule has 2 rings (SSSR count). The van der Waals surface area contributed by atoms with Crippen LogP contribution in [0.1, 0.15) is 31.7 Å². The van der Waals surface area contributed by atoms with Crippen LogP contribution in [0.4, 0.5) is 0 Å². The van der Waals surface area contributed by atoms with E-state index in [1.807, 2.05) is 19.1 Å². The van der Waals surface area contributed by atoms with E-state index in [1.54, 1.807) is 11.0 Å². The molecule has 1 aromatic carbocycles. The van der Waals surface area contributed by atoms with Gasteiger partial charge in [0, 0.05) is 25.1 Å². The molecule has 1 aliphatic rings.